The number of carbonyl (C=O) groups excluding carboxylic acids is 1. The topological polar surface area (TPSA) is 50.7 Å². The molecule has 8 heteroatoms. The van der Waals surface area contributed by atoms with E-state index < -0.39 is 17.6 Å². The highest BCUT2D eigenvalue weighted by Crippen LogP contribution is 2.29. The molecule has 0 saturated heterocycles. The maximum Gasteiger partial charge on any atom is 0.416 e. The third-order valence-electron chi connectivity index (χ3n) is 4.06. The van der Waals surface area contributed by atoms with Crippen molar-refractivity contribution in [2.45, 2.75) is 12.8 Å². The van der Waals surface area contributed by atoms with Crippen molar-refractivity contribution in [1.82, 2.24) is 5.43 Å². The molecule has 0 unspecified atom stereocenters. The second-order valence-electron chi connectivity index (χ2n) is 6.23. The van der Waals surface area contributed by atoms with E-state index in [4.69, 9.17) is 4.74 Å². The summed E-state index contributed by atoms with van der Waals surface area (Å²) in [5.41, 5.74) is 2.17. The monoisotopic (exact) mass is 416 g/mol. The Kier molecular flexibility index (Phi) is 6.46. The molecule has 154 valence electrons. The minimum absolute atomic E-state index is 0.0765. The van der Waals surface area contributed by atoms with Gasteiger partial charge in [-0.3, -0.25) is 4.79 Å². The van der Waals surface area contributed by atoms with Crippen molar-refractivity contribution in [3.05, 3.63) is 101 Å². The molecule has 1 N–H and O–H groups in total. The van der Waals surface area contributed by atoms with Crippen LogP contribution in [0, 0.1) is 5.82 Å². The van der Waals surface area contributed by atoms with Crippen LogP contribution in [0.2, 0.25) is 0 Å². The second-order valence-corrected chi connectivity index (χ2v) is 6.23. The summed E-state index contributed by atoms with van der Waals surface area (Å²) < 4.78 is 57.3. The summed E-state index contributed by atoms with van der Waals surface area (Å²) in [6, 6.07) is 17.0. The molecule has 3 aromatic rings. The van der Waals surface area contributed by atoms with Gasteiger partial charge in [0.1, 0.15) is 18.2 Å². The van der Waals surface area contributed by atoms with Gasteiger partial charge in [-0.15, -0.1) is 0 Å². The van der Waals surface area contributed by atoms with E-state index >= 15 is 0 Å². The van der Waals surface area contributed by atoms with Crippen molar-refractivity contribution < 1.29 is 27.1 Å². The van der Waals surface area contributed by atoms with Crippen molar-refractivity contribution in [1.29, 1.82) is 0 Å². The maximum atomic E-state index is 13.6. The van der Waals surface area contributed by atoms with E-state index in [0.717, 1.165) is 18.2 Å². The van der Waals surface area contributed by atoms with Crippen molar-refractivity contribution in [3.63, 3.8) is 0 Å². The molecular formula is C22H16F4N2O2. The van der Waals surface area contributed by atoms with Crippen LogP contribution in [-0.2, 0) is 12.8 Å². The molecule has 0 aliphatic carbocycles. The van der Waals surface area contributed by atoms with Crippen LogP contribution in [0.25, 0.3) is 0 Å². The summed E-state index contributed by atoms with van der Waals surface area (Å²) in [5, 5.41) is 3.75. The van der Waals surface area contributed by atoms with Crippen LogP contribution < -0.4 is 10.2 Å². The number of halogens is 4. The number of benzene rings is 3. The minimum atomic E-state index is -4.53. The molecule has 30 heavy (non-hydrogen) atoms. The van der Waals surface area contributed by atoms with E-state index in [-0.39, 0.29) is 18.0 Å². The van der Waals surface area contributed by atoms with Crippen molar-refractivity contribution >= 4 is 12.1 Å². The van der Waals surface area contributed by atoms with Gasteiger partial charge in [-0.2, -0.15) is 18.3 Å². The predicted molar refractivity (Wildman–Crippen MR) is 104 cm³/mol. The molecule has 0 aromatic heterocycles. The Morgan fingerprint density at radius 3 is 2.43 bits per heavy atom. The molecule has 0 aliphatic heterocycles. The zero-order valence-corrected chi connectivity index (χ0v) is 15.5. The summed E-state index contributed by atoms with van der Waals surface area (Å²) in [7, 11) is 0. The Bertz CT molecular complexity index is 1050. The van der Waals surface area contributed by atoms with Crippen LogP contribution >= 0.6 is 0 Å². The number of nitrogens with zero attached hydrogens (tertiary/aromatic N) is 1. The lowest BCUT2D eigenvalue weighted by Crippen LogP contribution is -2.18. The van der Waals surface area contributed by atoms with Gasteiger partial charge in [-0.1, -0.05) is 24.3 Å². The highest BCUT2D eigenvalue weighted by Gasteiger charge is 2.30. The Morgan fingerprint density at radius 2 is 1.73 bits per heavy atom. The second kappa shape index (κ2) is 9.21. The molecule has 0 aliphatic rings. The molecule has 3 aromatic carbocycles. The van der Waals surface area contributed by atoms with Crippen molar-refractivity contribution in [3.8, 4) is 5.75 Å². The quantitative estimate of drug-likeness (QED) is 0.342. The first-order valence-corrected chi connectivity index (χ1v) is 8.80. The Balaban J connectivity index is 1.55. The molecule has 0 heterocycles. The van der Waals surface area contributed by atoms with Crippen LogP contribution in [-0.4, -0.2) is 12.1 Å². The standard InChI is InChI=1S/C22H16F4N2O2/c23-20-7-2-1-4-17(20)14-30-19-10-8-15(9-11-19)13-27-28-21(29)16-5-3-6-18(12-16)22(24,25)26/h1-13H,14H2,(H,28,29). The van der Waals surface area contributed by atoms with Gasteiger partial charge < -0.3 is 4.74 Å². The lowest BCUT2D eigenvalue weighted by Gasteiger charge is -2.08. The average molecular weight is 416 g/mol. The molecule has 3 rings (SSSR count). The Hall–Kier alpha value is -3.68. The molecule has 0 fully saturated rings. The number of hydrazone groups is 1. The molecule has 0 atom stereocenters. The van der Waals surface area contributed by atoms with E-state index in [1.807, 2.05) is 0 Å². The summed E-state index contributed by atoms with van der Waals surface area (Å²) in [5.74, 6) is -0.594. The first kappa shape index (κ1) is 21.0. The summed E-state index contributed by atoms with van der Waals surface area (Å²) >= 11 is 0. The van der Waals surface area contributed by atoms with Crippen molar-refractivity contribution in [2.75, 3.05) is 0 Å². The van der Waals surface area contributed by atoms with Crippen LogP contribution in [0.3, 0.4) is 0 Å². The number of nitrogens with one attached hydrogen (secondary N) is 1. The molecular weight excluding hydrogens is 400 g/mol. The lowest BCUT2D eigenvalue weighted by atomic mass is 10.1. The third kappa shape index (κ3) is 5.66. The van der Waals surface area contributed by atoms with E-state index in [2.05, 4.69) is 10.5 Å². The van der Waals surface area contributed by atoms with E-state index in [0.29, 0.717) is 16.9 Å². The first-order valence-electron chi connectivity index (χ1n) is 8.80. The van der Waals surface area contributed by atoms with E-state index in [1.165, 1.54) is 18.3 Å². The average Bonchev–Trinajstić information content (AvgIpc) is 2.73. The molecule has 0 bridgehead atoms. The molecule has 0 radical (unpaired) electrons. The van der Waals surface area contributed by atoms with E-state index in [9.17, 15) is 22.4 Å². The summed E-state index contributed by atoms with van der Waals surface area (Å²) in [4.78, 5) is 12.0. The first-order chi connectivity index (χ1) is 14.3. The highest BCUT2D eigenvalue weighted by molar-refractivity contribution is 5.95. The molecule has 0 spiro atoms. The number of ether oxygens (including phenoxy) is 1. The van der Waals surface area contributed by atoms with Gasteiger partial charge >= 0.3 is 6.18 Å². The fourth-order valence-corrected chi connectivity index (χ4v) is 2.49. The predicted octanol–water partition coefficient (Wildman–Crippen LogP) is 5.19. The number of amides is 1. The Labute approximate surface area is 169 Å². The fraction of sp³-hybridized carbons (Fsp3) is 0.0909. The zero-order valence-electron chi connectivity index (χ0n) is 15.5. The van der Waals surface area contributed by atoms with Crippen molar-refractivity contribution in [2.24, 2.45) is 5.10 Å². The largest absolute Gasteiger partial charge is 0.489 e. The number of hydrogen-bond acceptors (Lipinski definition) is 3. The van der Waals surface area contributed by atoms with Crippen LogP contribution in [0.5, 0.6) is 5.75 Å². The molecule has 4 nitrogen and oxygen atoms in total. The molecule has 1 amide bonds. The summed E-state index contributed by atoms with van der Waals surface area (Å²) in [6.45, 7) is 0.0765. The normalized spacial score (nSPS) is 11.5. The highest BCUT2D eigenvalue weighted by atomic mass is 19.4. The fourth-order valence-electron chi connectivity index (χ4n) is 2.49. The number of alkyl halides is 3. The van der Waals surface area contributed by atoms with Crippen LogP contribution in [0.1, 0.15) is 27.0 Å². The lowest BCUT2D eigenvalue weighted by molar-refractivity contribution is -0.137. The third-order valence-corrected chi connectivity index (χ3v) is 4.06. The van der Waals surface area contributed by atoms with Gasteiger partial charge in [0.25, 0.3) is 5.91 Å². The smallest absolute Gasteiger partial charge is 0.416 e. The molecule has 0 saturated carbocycles. The SMILES string of the molecule is O=C(NN=Cc1ccc(OCc2ccccc2F)cc1)c1cccc(C(F)(F)F)c1. The Morgan fingerprint density at radius 1 is 1.00 bits per heavy atom. The van der Waals surface area contributed by atoms with Gasteiger partial charge in [0.05, 0.1) is 11.8 Å². The summed E-state index contributed by atoms with van der Waals surface area (Å²) in [6.07, 6.45) is -3.19. The number of hydrogen-bond donors (Lipinski definition) is 1. The maximum absolute atomic E-state index is 13.6. The van der Waals surface area contributed by atoms with Crippen LogP contribution in [0.15, 0.2) is 77.9 Å². The number of rotatable bonds is 6. The van der Waals surface area contributed by atoms with Gasteiger partial charge in [-0.25, -0.2) is 9.82 Å². The van der Waals surface area contributed by atoms with Gasteiger partial charge in [-0.05, 0) is 54.1 Å². The van der Waals surface area contributed by atoms with Crippen LogP contribution in [0.4, 0.5) is 17.6 Å². The van der Waals surface area contributed by atoms with Gasteiger partial charge in [0, 0.05) is 11.1 Å². The minimum Gasteiger partial charge on any atom is -0.489 e. The number of carbonyl (C=O) groups is 1. The van der Waals surface area contributed by atoms with Gasteiger partial charge in [0.15, 0.2) is 0 Å². The van der Waals surface area contributed by atoms with Gasteiger partial charge in [0.2, 0.25) is 0 Å². The zero-order chi connectivity index (χ0) is 21.6. The van der Waals surface area contributed by atoms with E-state index in [1.54, 1.807) is 42.5 Å².